The molecule has 4 rings (SSSR count). The molecule has 4 fully saturated rings. The van der Waals surface area contributed by atoms with Crippen molar-refractivity contribution in [3.05, 3.63) is 0 Å². The van der Waals surface area contributed by atoms with E-state index in [1.54, 1.807) is 0 Å². The van der Waals surface area contributed by atoms with Crippen LogP contribution < -0.4 is 0 Å². The Morgan fingerprint density at radius 2 is 2.13 bits per heavy atom. The first-order chi connectivity index (χ1) is 7.16. The van der Waals surface area contributed by atoms with Gasteiger partial charge in [-0.05, 0) is 18.8 Å². The lowest BCUT2D eigenvalue weighted by atomic mass is 9.66. The Kier molecular flexibility index (Phi) is 2.12. The summed E-state index contributed by atoms with van der Waals surface area (Å²) in [6, 6.07) is 0. The molecule has 0 aromatic carbocycles. The Morgan fingerprint density at radius 3 is 2.87 bits per heavy atom. The molecule has 4 aliphatic rings. The molecule has 4 heteroatoms. The van der Waals surface area contributed by atoms with E-state index in [2.05, 4.69) is 6.92 Å². The number of hydrogen-bond donors (Lipinski definition) is 2. The predicted octanol–water partition coefficient (Wildman–Crippen LogP) is 0.412. The molecule has 3 saturated heterocycles. The zero-order valence-electron chi connectivity index (χ0n) is 8.93. The van der Waals surface area contributed by atoms with E-state index in [9.17, 15) is 10.2 Å². The van der Waals surface area contributed by atoms with Gasteiger partial charge >= 0.3 is 0 Å². The van der Waals surface area contributed by atoms with Crippen LogP contribution in [0.2, 0.25) is 0 Å². The highest BCUT2D eigenvalue weighted by Crippen LogP contribution is 2.49. The zero-order chi connectivity index (χ0) is 10.6. The van der Waals surface area contributed by atoms with Gasteiger partial charge in [-0.2, -0.15) is 0 Å². The standard InChI is InChI=1S/C11H18O4/c1-2-6-3-4-8-11(13)7(12)5-9(14-8)15-10(6)11/h6-10,12-13H,2-5H2,1H3/t6-,7+,8?,9-,10-,11?/m1/s1. The molecule has 2 N–H and O–H groups in total. The van der Waals surface area contributed by atoms with Crippen molar-refractivity contribution in [1.82, 2.24) is 0 Å². The van der Waals surface area contributed by atoms with Gasteiger partial charge in [0.2, 0.25) is 0 Å². The summed E-state index contributed by atoms with van der Waals surface area (Å²) in [7, 11) is 0. The Hall–Kier alpha value is -0.160. The highest BCUT2D eigenvalue weighted by molar-refractivity contribution is 5.11. The monoisotopic (exact) mass is 214 g/mol. The summed E-state index contributed by atoms with van der Waals surface area (Å²) in [6.07, 6.45) is 1.79. The van der Waals surface area contributed by atoms with E-state index in [1.807, 2.05) is 0 Å². The average Bonchev–Trinajstić information content (AvgIpc) is 2.19. The van der Waals surface area contributed by atoms with Gasteiger partial charge in [0.05, 0.1) is 18.3 Å². The maximum Gasteiger partial charge on any atom is 0.161 e. The molecule has 0 aromatic rings. The quantitative estimate of drug-likeness (QED) is 0.664. The lowest BCUT2D eigenvalue weighted by Gasteiger charge is -2.60. The molecule has 0 aromatic heterocycles. The van der Waals surface area contributed by atoms with Crippen LogP contribution in [0.4, 0.5) is 0 Å². The van der Waals surface area contributed by atoms with Crippen LogP contribution in [0.25, 0.3) is 0 Å². The minimum atomic E-state index is -1.16. The fourth-order valence-corrected chi connectivity index (χ4v) is 3.39. The van der Waals surface area contributed by atoms with Crippen molar-refractivity contribution < 1.29 is 19.7 Å². The maximum atomic E-state index is 10.6. The van der Waals surface area contributed by atoms with E-state index in [0.29, 0.717) is 12.3 Å². The second-order valence-electron chi connectivity index (χ2n) is 5.00. The Bertz CT molecular complexity index is 269. The molecule has 4 nitrogen and oxygen atoms in total. The second kappa shape index (κ2) is 3.17. The minimum absolute atomic E-state index is 0.229. The summed E-state index contributed by atoms with van der Waals surface area (Å²) in [6.45, 7) is 2.10. The minimum Gasteiger partial charge on any atom is -0.390 e. The lowest BCUT2D eigenvalue weighted by Crippen LogP contribution is -2.74. The Labute approximate surface area is 89.2 Å². The first-order valence-electron chi connectivity index (χ1n) is 5.87. The van der Waals surface area contributed by atoms with Crippen LogP contribution >= 0.6 is 0 Å². The fraction of sp³-hybridized carbons (Fsp3) is 1.00. The van der Waals surface area contributed by atoms with Gasteiger partial charge in [0.25, 0.3) is 0 Å². The Balaban J connectivity index is 1.96. The zero-order valence-corrected chi connectivity index (χ0v) is 8.93. The first-order valence-corrected chi connectivity index (χ1v) is 5.87. The van der Waals surface area contributed by atoms with E-state index in [1.165, 1.54) is 0 Å². The summed E-state index contributed by atoms with van der Waals surface area (Å²) in [5, 5.41) is 20.5. The molecule has 86 valence electrons. The van der Waals surface area contributed by atoms with Crippen LogP contribution in [0, 0.1) is 5.92 Å². The van der Waals surface area contributed by atoms with Gasteiger partial charge < -0.3 is 19.7 Å². The smallest absolute Gasteiger partial charge is 0.161 e. The third-order valence-corrected chi connectivity index (χ3v) is 4.29. The molecule has 4 bridgehead atoms. The number of hydrogen-bond acceptors (Lipinski definition) is 4. The van der Waals surface area contributed by atoms with E-state index in [-0.39, 0.29) is 18.5 Å². The van der Waals surface area contributed by atoms with Crippen molar-refractivity contribution >= 4 is 0 Å². The van der Waals surface area contributed by atoms with Crippen LogP contribution in [-0.2, 0) is 9.47 Å². The maximum absolute atomic E-state index is 10.6. The van der Waals surface area contributed by atoms with Crippen molar-refractivity contribution in [2.24, 2.45) is 5.92 Å². The van der Waals surface area contributed by atoms with Crippen LogP contribution in [-0.4, -0.2) is 40.4 Å². The van der Waals surface area contributed by atoms with Gasteiger partial charge in [0.15, 0.2) is 6.29 Å². The number of aliphatic hydroxyl groups is 2. The van der Waals surface area contributed by atoms with E-state index in [4.69, 9.17) is 9.47 Å². The van der Waals surface area contributed by atoms with E-state index >= 15 is 0 Å². The van der Waals surface area contributed by atoms with Crippen LogP contribution in [0.15, 0.2) is 0 Å². The SMILES string of the molecule is CC[C@@H]1CCC2O[C@H]3C[C@H](O)C2(O)[C@@H]1O3. The van der Waals surface area contributed by atoms with Crippen molar-refractivity contribution in [2.75, 3.05) is 0 Å². The molecule has 1 saturated carbocycles. The Morgan fingerprint density at radius 1 is 1.33 bits per heavy atom. The van der Waals surface area contributed by atoms with Gasteiger partial charge in [0, 0.05) is 6.42 Å². The molecule has 1 aliphatic carbocycles. The largest absolute Gasteiger partial charge is 0.390 e. The van der Waals surface area contributed by atoms with E-state index in [0.717, 1.165) is 19.3 Å². The van der Waals surface area contributed by atoms with Gasteiger partial charge in [0.1, 0.15) is 5.60 Å². The molecule has 0 amide bonds. The van der Waals surface area contributed by atoms with Gasteiger partial charge in [-0.25, -0.2) is 0 Å². The topological polar surface area (TPSA) is 58.9 Å². The average molecular weight is 214 g/mol. The van der Waals surface area contributed by atoms with Crippen molar-refractivity contribution in [3.63, 3.8) is 0 Å². The third-order valence-electron chi connectivity index (χ3n) is 4.29. The van der Waals surface area contributed by atoms with Crippen LogP contribution in [0.5, 0.6) is 0 Å². The third kappa shape index (κ3) is 1.16. The van der Waals surface area contributed by atoms with Gasteiger partial charge in [-0.1, -0.05) is 13.3 Å². The molecule has 0 radical (unpaired) electrons. The van der Waals surface area contributed by atoms with Crippen molar-refractivity contribution in [2.45, 2.75) is 62.8 Å². The highest BCUT2D eigenvalue weighted by Gasteiger charge is 2.63. The summed E-state index contributed by atoms with van der Waals surface area (Å²) in [5.41, 5.74) is -1.16. The lowest BCUT2D eigenvalue weighted by molar-refractivity contribution is -0.404. The predicted molar refractivity (Wildman–Crippen MR) is 52.1 cm³/mol. The van der Waals surface area contributed by atoms with Crippen LogP contribution in [0.1, 0.15) is 32.6 Å². The molecule has 3 aliphatic heterocycles. The second-order valence-corrected chi connectivity index (χ2v) is 5.00. The normalized spacial score (nSPS) is 58.2. The number of aliphatic hydroxyl groups excluding tert-OH is 1. The highest BCUT2D eigenvalue weighted by atomic mass is 16.7. The summed E-state index contributed by atoms with van der Waals surface area (Å²) >= 11 is 0. The van der Waals surface area contributed by atoms with Crippen molar-refractivity contribution in [3.8, 4) is 0 Å². The summed E-state index contributed by atoms with van der Waals surface area (Å²) < 4.78 is 11.3. The molecule has 3 heterocycles. The van der Waals surface area contributed by atoms with Crippen LogP contribution in [0.3, 0.4) is 0 Å². The summed E-state index contributed by atoms with van der Waals surface area (Å²) in [5.74, 6) is 0.354. The number of ether oxygens (including phenoxy) is 2. The first kappa shape index (κ1) is 10.0. The van der Waals surface area contributed by atoms with E-state index < -0.39 is 11.7 Å². The molecule has 0 spiro atoms. The number of rotatable bonds is 1. The number of fused-ring (bicyclic) bond motifs is 1. The molecule has 15 heavy (non-hydrogen) atoms. The summed E-state index contributed by atoms with van der Waals surface area (Å²) in [4.78, 5) is 0. The molecule has 2 unspecified atom stereocenters. The fourth-order valence-electron chi connectivity index (χ4n) is 3.39. The molecule has 6 atom stereocenters. The van der Waals surface area contributed by atoms with Crippen molar-refractivity contribution in [1.29, 1.82) is 0 Å². The molecular formula is C11H18O4. The van der Waals surface area contributed by atoms with Gasteiger partial charge in [-0.15, -0.1) is 0 Å². The van der Waals surface area contributed by atoms with Gasteiger partial charge in [-0.3, -0.25) is 0 Å². The molecular weight excluding hydrogens is 196 g/mol.